The average molecular weight is 359 g/mol. The van der Waals surface area contributed by atoms with Gasteiger partial charge >= 0.3 is 0 Å². The molecule has 9 nitrogen and oxygen atoms in total. The molecule has 140 valence electrons. The van der Waals surface area contributed by atoms with Gasteiger partial charge in [0.15, 0.2) is 11.8 Å². The lowest BCUT2D eigenvalue weighted by Crippen LogP contribution is -2.46. The van der Waals surface area contributed by atoms with E-state index < -0.39 is 0 Å². The third kappa shape index (κ3) is 4.48. The molecule has 0 spiro atoms. The highest BCUT2D eigenvalue weighted by Crippen LogP contribution is 2.13. The number of aliphatic imine (C=N–C) groups is 1. The van der Waals surface area contributed by atoms with E-state index in [1.807, 2.05) is 22.9 Å². The highest BCUT2D eigenvalue weighted by Gasteiger charge is 2.22. The second-order valence-corrected chi connectivity index (χ2v) is 6.04. The van der Waals surface area contributed by atoms with Crippen LogP contribution in [0.15, 0.2) is 23.2 Å². The maximum Gasteiger partial charge on any atom is 0.213 e. The maximum absolute atomic E-state index is 5.15. The van der Waals surface area contributed by atoms with Crippen molar-refractivity contribution in [1.82, 2.24) is 30.4 Å². The Balaban J connectivity index is 1.55. The molecule has 0 saturated heterocycles. The van der Waals surface area contributed by atoms with Gasteiger partial charge in [-0.3, -0.25) is 4.99 Å². The number of pyridine rings is 1. The molecule has 1 aliphatic rings. The van der Waals surface area contributed by atoms with Crippen molar-refractivity contribution >= 4 is 5.96 Å². The Labute approximate surface area is 152 Å². The zero-order chi connectivity index (χ0) is 18.4. The molecule has 3 heterocycles. The SMILES string of the molecule is CN=C(NCc1cccc(OC)n1)NC1CCc2nc(COC)nn2C1. The lowest BCUT2D eigenvalue weighted by atomic mass is 10.1. The van der Waals surface area contributed by atoms with Crippen LogP contribution in [0.3, 0.4) is 0 Å². The minimum Gasteiger partial charge on any atom is -0.481 e. The molecule has 1 aliphatic heterocycles. The monoisotopic (exact) mass is 359 g/mol. The molecule has 1 unspecified atom stereocenters. The third-order valence-electron chi connectivity index (χ3n) is 4.17. The summed E-state index contributed by atoms with van der Waals surface area (Å²) in [5.74, 6) is 3.08. The topological polar surface area (TPSA) is 98.5 Å². The first kappa shape index (κ1) is 18.1. The summed E-state index contributed by atoms with van der Waals surface area (Å²) >= 11 is 0. The number of nitrogens with one attached hydrogen (secondary N) is 2. The molecule has 0 fully saturated rings. The van der Waals surface area contributed by atoms with Gasteiger partial charge in [0.05, 0.1) is 25.9 Å². The van der Waals surface area contributed by atoms with E-state index in [0.717, 1.165) is 42.7 Å². The Bertz CT molecular complexity index is 759. The van der Waals surface area contributed by atoms with Crippen LogP contribution >= 0.6 is 0 Å². The summed E-state index contributed by atoms with van der Waals surface area (Å²) < 4.78 is 12.2. The van der Waals surface area contributed by atoms with Crippen molar-refractivity contribution in [2.75, 3.05) is 21.3 Å². The van der Waals surface area contributed by atoms with E-state index in [2.05, 4.69) is 30.7 Å². The summed E-state index contributed by atoms with van der Waals surface area (Å²) in [6.07, 6.45) is 1.85. The number of aromatic nitrogens is 4. The van der Waals surface area contributed by atoms with Gasteiger partial charge in [0, 0.05) is 32.7 Å². The molecule has 0 bridgehead atoms. The van der Waals surface area contributed by atoms with Gasteiger partial charge in [0.2, 0.25) is 5.88 Å². The Kier molecular flexibility index (Phi) is 6.00. The number of fused-ring (bicyclic) bond motifs is 1. The third-order valence-corrected chi connectivity index (χ3v) is 4.17. The molecule has 0 aliphatic carbocycles. The summed E-state index contributed by atoms with van der Waals surface area (Å²) in [5, 5.41) is 11.2. The van der Waals surface area contributed by atoms with Crippen molar-refractivity contribution in [1.29, 1.82) is 0 Å². The normalized spacial score (nSPS) is 16.9. The molecule has 0 saturated carbocycles. The van der Waals surface area contributed by atoms with Crippen LogP contribution in [0.2, 0.25) is 0 Å². The van der Waals surface area contributed by atoms with Gasteiger partial charge in [-0.05, 0) is 12.5 Å². The van der Waals surface area contributed by atoms with Crippen LogP contribution in [0.5, 0.6) is 5.88 Å². The van der Waals surface area contributed by atoms with Gasteiger partial charge in [-0.2, -0.15) is 5.10 Å². The largest absolute Gasteiger partial charge is 0.481 e. The summed E-state index contributed by atoms with van der Waals surface area (Å²) in [6, 6.07) is 5.93. The highest BCUT2D eigenvalue weighted by atomic mass is 16.5. The fourth-order valence-corrected chi connectivity index (χ4v) is 2.90. The van der Waals surface area contributed by atoms with Crippen molar-refractivity contribution in [3.05, 3.63) is 35.5 Å². The molecule has 2 aromatic rings. The number of hydrogen-bond donors (Lipinski definition) is 2. The van der Waals surface area contributed by atoms with Crippen molar-refractivity contribution in [3.63, 3.8) is 0 Å². The van der Waals surface area contributed by atoms with E-state index >= 15 is 0 Å². The summed E-state index contributed by atoms with van der Waals surface area (Å²) in [6.45, 7) is 1.76. The van der Waals surface area contributed by atoms with Crippen LogP contribution in [0.4, 0.5) is 0 Å². The summed E-state index contributed by atoms with van der Waals surface area (Å²) in [4.78, 5) is 13.2. The molecular weight excluding hydrogens is 334 g/mol. The van der Waals surface area contributed by atoms with E-state index in [1.165, 1.54) is 0 Å². The molecule has 0 radical (unpaired) electrons. The van der Waals surface area contributed by atoms with Crippen LogP contribution in [0.25, 0.3) is 0 Å². The first-order chi connectivity index (χ1) is 12.7. The van der Waals surface area contributed by atoms with Gasteiger partial charge in [0.25, 0.3) is 0 Å². The van der Waals surface area contributed by atoms with Gasteiger partial charge in [-0.1, -0.05) is 6.07 Å². The van der Waals surface area contributed by atoms with Crippen LogP contribution in [-0.2, 0) is 30.9 Å². The van der Waals surface area contributed by atoms with Gasteiger partial charge in [0.1, 0.15) is 12.4 Å². The Morgan fingerprint density at radius 1 is 1.35 bits per heavy atom. The highest BCUT2D eigenvalue weighted by molar-refractivity contribution is 5.79. The number of guanidine groups is 1. The van der Waals surface area contributed by atoms with E-state index in [4.69, 9.17) is 9.47 Å². The summed E-state index contributed by atoms with van der Waals surface area (Å²) in [5.41, 5.74) is 0.888. The Hall–Kier alpha value is -2.68. The molecular formula is C17H25N7O2. The first-order valence-electron chi connectivity index (χ1n) is 8.60. The maximum atomic E-state index is 5.15. The van der Waals surface area contributed by atoms with Crippen LogP contribution < -0.4 is 15.4 Å². The molecule has 0 amide bonds. The van der Waals surface area contributed by atoms with E-state index in [9.17, 15) is 0 Å². The van der Waals surface area contributed by atoms with E-state index in [1.54, 1.807) is 21.3 Å². The standard InChI is InChI=1S/C17H25N7O2/c1-18-17(19-9-12-5-4-6-16(20-12)26-3)21-13-7-8-15-22-14(11-25-2)23-24(15)10-13/h4-6,13H,7-11H2,1-3H3,(H2,18,19,21). The van der Waals surface area contributed by atoms with E-state index in [-0.39, 0.29) is 6.04 Å². The van der Waals surface area contributed by atoms with Crippen LogP contribution in [-0.4, -0.2) is 53.0 Å². The molecule has 9 heteroatoms. The van der Waals surface area contributed by atoms with Crippen molar-refractivity contribution in [2.45, 2.75) is 38.6 Å². The van der Waals surface area contributed by atoms with Crippen LogP contribution in [0, 0.1) is 0 Å². The van der Waals surface area contributed by atoms with Crippen LogP contribution in [0.1, 0.15) is 23.8 Å². The second kappa shape index (κ2) is 8.61. The zero-order valence-corrected chi connectivity index (χ0v) is 15.4. The number of rotatable bonds is 6. The molecule has 1 atom stereocenters. The fourth-order valence-electron chi connectivity index (χ4n) is 2.90. The smallest absolute Gasteiger partial charge is 0.213 e. The number of methoxy groups -OCH3 is 2. The predicted molar refractivity (Wildman–Crippen MR) is 97.0 cm³/mol. The lowest BCUT2D eigenvalue weighted by molar-refractivity contribution is 0.177. The second-order valence-electron chi connectivity index (χ2n) is 6.04. The predicted octanol–water partition coefficient (Wildman–Crippen LogP) is 0.508. The average Bonchev–Trinajstić information content (AvgIpc) is 3.07. The molecule has 2 aromatic heterocycles. The summed E-state index contributed by atoms with van der Waals surface area (Å²) in [7, 11) is 5.02. The molecule has 3 rings (SSSR count). The van der Waals surface area contributed by atoms with E-state index in [0.29, 0.717) is 19.0 Å². The minimum absolute atomic E-state index is 0.240. The van der Waals surface area contributed by atoms with Gasteiger partial charge < -0.3 is 20.1 Å². The lowest BCUT2D eigenvalue weighted by Gasteiger charge is -2.25. The van der Waals surface area contributed by atoms with Crippen molar-refractivity contribution in [2.24, 2.45) is 4.99 Å². The molecule has 26 heavy (non-hydrogen) atoms. The van der Waals surface area contributed by atoms with Gasteiger partial charge in [-0.25, -0.2) is 14.6 Å². The Morgan fingerprint density at radius 2 is 2.23 bits per heavy atom. The minimum atomic E-state index is 0.240. The Morgan fingerprint density at radius 3 is 3.00 bits per heavy atom. The van der Waals surface area contributed by atoms with Gasteiger partial charge in [-0.15, -0.1) is 0 Å². The quantitative estimate of drug-likeness (QED) is 0.573. The fraction of sp³-hybridized carbons (Fsp3) is 0.529. The number of hydrogen-bond acceptors (Lipinski definition) is 6. The van der Waals surface area contributed by atoms with Crippen molar-refractivity contribution in [3.8, 4) is 5.88 Å². The number of nitrogens with zero attached hydrogens (tertiary/aromatic N) is 5. The zero-order valence-electron chi connectivity index (χ0n) is 15.4. The number of ether oxygens (including phenoxy) is 2. The molecule has 0 aromatic carbocycles. The first-order valence-corrected chi connectivity index (χ1v) is 8.60. The van der Waals surface area contributed by atoms with Crippen molar-refractivity contribution < 1.29 is 9.47 Å². The molecule has 2 N–H and O–H groups in total. The number of aryl methyl sites for hydroxylation is 1.